The summed E-state index contributed by atoms with van der Waals surface area (Å²) < 4.78 is 1.45. The molecule has 0 fully saturated rings. The third-order valence-corrected chi connectivity index (χ3v) is 8.33. The summed E-state index contributed by atoms with van der Waals surface area (Å²) in [6, 6.07) is 13.2. The molecular weight excluding hydrogens is 668 g/mol. The van der Waals surface area contributed by atoms with Crippen molar-refractivity contribution in [3.63, 3.8) is 0 Å². The van der Waals surface area contributed by atoms with Gasteiger partial charge in [0.15, 0.2) is 5.82 Å². The molecule has 0 saturated heterocycles. The van der Waals surface area contributed by atoms with Crippen LogP contribution in [0.15, 0.2) is 54.6 Å². The van der Waals surface area contributed by atoms with Crippen LogP contribution < -0.4 is 21.3 Å². The molecule has 17 heteroatoms. The summed E-state index contributed by atoms with van der Waals surface area (Å²) in [5, 5.41) is 27.8. The van der Waals surface area contributed by atoms with Crippen molar-refractivity contribution in [3.05, 3.63) is 66.0 Å². The number of nitrogens with zero attached hydrogens (tertiary/aromatic N) is 8. The van der Waals surface area contributed by atoms with Crippen molar-refractivity contribution in [1.82, 2.24) is 61.1 Å². The maximum atomic E-state index is 13.7. The van der Waals surface area contributed by atoms with Gasteiger partial charge in [0.05, 0.1) is 19.6 Å². The Balaban J connectivity index is 1.40. The van der Waals surface area contributed by atoms with Crippen molar-refractivity contribution in [1.29, 1.82) is 0 Å². The largest absolute Gasteiger partial charge is 0.354 e. The number of tetrazole rings is 1. The van der Waals surface area contributed by atoms with Crippen molar-refractivity contribution in [2.24, 2.45) is 13.0 Å². The van der Waals surface area contributed by atoms with Crippen molar-refractivity contribution in [2.45, 2.75) is 65.2 Å². The van der Waals surface area contributed by atoms with Gasteiger partial charge in [-0.2, -0.15) is 9.90 Å². The number of nitrogens with one attached hydrogen (secondary N) is 4. The number of rotatable bonds is 5. The van der Waals surface area contributed by atoms with Crippen molar-refractivity contribution in [2.75, 3.05) is 19.6 Å². The number of hydrogen-bond acceptors (Lipinski definition) is 10. The first-order chi connectivity index (χ1) is 24.9. The van der Waals surface area contributed by atoms with Gasteiger partial charge in [-0.05, 0) is 50.0 Å². The number of aryl methyl sites for hydroxylation is 1. The fourth-order valence-electron chi connectivity index (χ4n) is 5.69. The van der Waals surface area contributed by atoms with Crippen molar-refractivity contribution in [3.8, 4) is 22.8 Å². The zero-order valence-corrected chi connectivity index (χ0v) is 29.9. The standard InChI is InChI=1S/C35H44N12O5/c1-21(2)18-27-34(51)38-22(3)32-40-30(24-10-7-6-8-11-24)43-47(32)20-28(48)36-16-9-17-46(19-29(49)37-23(4)33(50)39-27)35(52)26-14-12-25(13-15-26)31-41-44-45(5)42-31/h6-8,10-15,21-23,27H,9,16-20H2,1-5H3,(H,36,48)(H,37,49)(H,38,51)(H,39,50)/t22-,23+,27+/m0/s1. The van der Waals surface area contributed by atoms with Gasteiger partial charge in [0.2, 0.25) is 29.5 Å². The van der Waals surface area contributed by atoms with E-state index in [1.807, 2.05) is 44.2 Å². The molecule has 0 radical (unpaired) electrons. The molecule has 0 unspecified atom stereocenters. The van der Waals surface area contributed by atoms with Crippen LogP contribution in [0.2, 0.25) is 0 Å². The van der Waals surface area contributed by atoms with E-state index in [4.69, 9.17) is 0 Å². The Labute approximate surface area is 300 Å². The monoisotopic (exact) mass is 712 g/mol. The molecule has 0 aliphatic carbocycles. The van der Waals surface area contributed by atoms with Gasteiger partial charge in [0.1, 0.15) is 24.5 Å². The van der Waals surface area contributed by atoms with Gasteiger partial charge in [-0.3, -0.25) is 24.0 Å². The Morgan fingerprint density at radius 2 is 1.54 bits per heavy atom. The predicted molar refractivity (Wildman–Crippen MR) is 189 cm³/mol. The molecule has 5 rings (SSSR count). The quantitative estimate of drug-likeness (QED) is 0.231. The number of hydrogen-bond donors (Lipinski definition) is 4. The summed E-state index contributed by atoms with van der Waals surface area (Å²) in [6.07, 6.45) is 0.647. The van der Waals surface area contributed by atoms with E-state index in [-0.39, 0.29) is 38.0 Å². The average molecular weight is 713 g/mol. The number of benzene rings is 2. The van der Waals surface area contributed by atoms with Gasteiger partial charge in [-0.1, -0.05) is 56.3 Å². The minimum absolute atomic E-state index is 0.0421. The zero-order chi connectivity index (χ0) is 37.4. The molecule has 3 atom stereocenters. The molecule has 0 saturated carbocycles. The summed E-state index contributed by atoms with van der Waals surface area (Å²) in [6.45, 7) is 6.88. The fourth-order valence-corrected chi connectivity index (χ4v) is 5.69. The second-order valence-electron chi connectivity index (χ2n) is 13.1. The molecular formula is C35H44N12O5. The topological polar surface area (TPSA) is 211 Å². The van der Waals surface area contributed by atoms with E-state index in [1.54, 1.807) is 38.2 Å². The minimum atomic E-state index is -1.01. The lowest BCUT2D eigenvalue weighted by Gasteiger charge is -2.25. The molecule has 1 aliphatic rings. The minimum Gasteiger partial charge on any atom is -0.354 e. The first-order valence-electron chi connectivity index (χ1n) is 17.2. The van der Waals surface area contributed by atoms with E-state index in [1.165, 1.54) is 21.3 Å². The summed E-state index contributed by atoms with van der Waals surface area (Å²) in [4.78, 5) is 74.4. The second-order valence-corrected chi connectivity index (χ2v) is 13.1. The molecule has 2 aromatic carbocycles. The lowest BCUT2D eigenvalue weighted by atomic mass is 10.0. The second kappa shape index (κ2) is 16.8. The lowest BCUT2D eigenvalue weighted by Crippen LogP contribution is -2.54. The van der Waals surface area contributed by atoms with Crippen LogP contribution in [0, 0.1) is 5.92 Å². The van der Waals surface area contributed by atoms with Crippen LogP contribution in [0.5, 0.6) is 0 Å². The summed E-state index contributed by atoms with van der Waals surface area (Å²) in [5.41, 5.74) is 1.71. The van der Waals surface area contributed by atoms with Crippen molar-refractivity contribution < 1.29 is 24.0 Å². The van der Waals surface area contributed by atoms with Gasteiger partial charge in [-0.25, -0.2) is 9.67 Å². The number of carbonyl (C=O) groups is 5. The number of amides is 5. The summed E-state index contributed by atoms with van der Waals surface area (Å²) >= 11 is 0. The summed E-state index contributed by atoms with van der Waals surface area (Å²) in [5.74, 6) is -1.18. The van der Waals surface area contributed by atoms with E-state index >= 15 is 0 Å². The lowest BCUT2D eigenvalue weighted by molar-refractivity contribution is -0.132. The molecule has 52 heavy (non-hydrogen) atoms. The van der Waals surface area contributed by atoms with Crippen LogP contribution in [0.3, 0.4) is 0 Å². The Morgan fingerprint density at radius 3 is 2.21 bits per heavy atom. The van der Waals surface area contributed by atoms with E-state index in [0.29, 0.717) is 41.4 Å². The van der Waals surface area contributed by atoms with E-state index < -0.39 is 41.8 Å². The van der Waals surface area contributed by atoms with Gasteiger partial charge in [-0.15, -0.1) is 10.2 Å². The van der Waals surface area contributed by atoms with Crippen LogP contribution in [0.4, 0.5) is 0 Å². The molecule has 2 aromatic heterocycles. The average Bonchev–Trinajstić information content (AvgIpc) is 3.75. The Morgan fingerprint density at radius 1 is 0.827 bits per heavy atom. The SMILES string of the molecule is CC(C)C[C@H]1NC(=O)[C@@H](C)NC(=O)CN(C(=O)c2ccc(-c3nnn(C)n3)cc2)CCCNC(=O)Cn2nc(-c3ccccc3)nc2[C@H](C)NC1=O. The molecule has 5 amide bonds. The highest BCUT2D eigenvalue weighted by Crippen LogP contribution is 2.20. The number of carbonyl (C=O) groups excluding carboxylic acids is 5. The zero-order valence-electron chi connectivity index (χ0n) is 29.9. The van der Waals surface area contributed by atoms with Crippen LogP contribution in [-0.2, 0) is 32.8 Å². The van der Waals surface area contributed by atoms with Crippen molar-refractivity contribution >= 4 is 29.5 Å². The third-order valence-electron chi connectivity index (χ3n) is 8.33. The van der Waals surface area contributed by atoms with Crippen LogP contribution in [0.25, 0.3) is 22.8 Å². The normalized spacial score (nSPS) is 19.7. The highest BCUT2D eigenvalue weighted by molar-refractivity contribution is 5.98. The molecule has 17 nitrogen and oxygen atoms in total. The summed E-state index contributed by atoms with van der Waals surface area (Å²) in [7, 11) is 1.65. The highest BCUT2D eigenvalue weighted by Gasteiger charge is 2.29. The maximum absolute atomic E-state index is 13.7. The molecule has 274 valence electrons. The Kier molecular flexibility index (Phi) is 12.0. The van der Waals surface area contributed by atoms with E-state index in [2.05, 4.69) is 46.8 Å². The first kappa shape index (κ1) is 37.3. The predicted octanol–water partition coefficient (Wildman–Crippen LogP) is 1.01. The van der Waals surface area contributed by atoms with Crippen LogP contribution >= 0.6 is 0 Å². The van der Waals surface area contributed by atoms with E-state index in [9.17, 15) is 24.0 Å². The number of fused-ring (bicyclic) bond motifs is 1. The highest BCUT2D eigenvalue weighted by atomic mass is 16.2. The Bertz CT molecular complexity index is 1890. The fraction of sp³-hybridized carbons (Fsp3) is 0.429. The first-order valence-corrected chi connectivity index (χ1v) is 17.2. The smallest absolute Gasteiger partial charge is 0.254 e. The number of aromatic nitrogens is 7. The third kappa shape index (κ3) is 9.61. The van der Waals surface area contributed by atoms with E-state index in [0.717, 1.165) is 5.56 Å². The molecule has 3 heterocycles. The molecule has 4 aromatic rings. The molecule has 0 bridgehead atoms. The van der Waals surface area contributed by atoms with Gasteiger partial charge in [0, 0.05) is 29.8 Å². The van der Waals surface area contributed by atoms with Gasteiger partial charge >= 0.3 is 0 Å². The molecule has 1 aliphatic heterocycles. The van der Waals surface area contributed by atoms with Crippen LogP contribution in [0.1, 0.15) is 62.8 Å². The van der Waals surface area contributed by atoms with Crippen LogP contribution in [-0.4, -0.2) is 101 Å². The Hall–Kier alpha value is -6.00. The molecule has 4 N–H and O–H groups in total. The molecule has 0 spiro atoms. The maximum Gasteiger partial charge on any atom is 0.254 e. The van der Waals surface area contributed by atoms with Gasteiger partial charge < -0.3 is 26.2 Å². The van der Waals surface area contributed by atoms with Gasteiger partial charge in [0.25, 0.3) is 5.91 Å².